The molecule has 0 saturated carbocycles. The van der Waals surface area contributed by atoms with E-state index in [1.165, 1.54) is 22.2 Å². The van der Waals surface area contributed by atoms with E-state index in [9.17, 15) is 5.11 Å². The van der Waals surface area contributed by atoms with Crippen LogP contribution in [0.1, 0.15) is 0 Å². The number of aliphatic hydroxyl groups excluding tert-OH is 1. The van der Waals surface area contributed by atoms with E-state index in [-0.39, 0.29) is 17.1 Å². The molecule has 3 aromatic rings. The topological polar surface area (TPSA) is 20.2 Å². The molecule has 0 aromatic heterocycles. The summed E-state index contributed by atoms with van der Waals surface area (Å²) in [6.07, 6.45) is 7.26. The summed E-state index contributed by atoms with van der Waals surface area (Å²) < 4.78 is 0. The molecular weight excluding hydrogens is 379 g/mol. The van der Waals surface area contributed by atoms with E-state index in [0.29, 0.717) is 0 Å². The van der Waals surface area contributed by atoms with Crippen LogP contribution in [0.25, 0.3) is 0 Å². The first kappa shape index (κ1) is 20.1. The quantitative estimate of drug-likeness (QED) is 0.270. The second kappa shape index (κ2) is 10.7. The fraction of sp³-hybridized carbons (Fsp3) is 0. The molecular formula is C23H20FeOP-. The molecule has 0 spiro atoms. The van der Waals surface area contributed by atoms with E-state index in [0.717, 1.165) is 5.57 Å². The molecule has 0 atom stereocenters. The smallest absolute Gasteiger partial charge is 0.0870 e. The van der Waals surface area contributed by atoms with Crippen LogP contribution in [0.4, 0.5) is 0 Å². The van der Waals surface area contributed by atoms with Gasteiger partial charge in [0.25, 0.3) is 0 Å². The zero-order chi connectivity index (χ0) is 17.3. The van der Waals surface area contributed by atoms with Crippen LogP contribution in [0.3, 0.4) is 0 Å². The second-order valence-electron chi connectivity index (χ2n) is 5.46. The van der Waals surface area contributed by atoms with Crippen molar-refractivity contribution >= 4 is 18.5 Å². The third-order valence-corrected chi connectivity index (χ3v) is 6.31. The van der Waals surface area contributed by atoms with Crippen molar-refractivity contribution in [2.45, 2.75) is 0 Å². The second-order valence-corrected chi connectivity index (χ2v) is 7.65. The van der Waals surface area contributed by atoms with Crippen LogP contribution in [0.5, 0.6) is 0 Å². The summed E-state index contributed by atoms with van der Waals surface area (Å²) in [5.41, 5.74) is 0.906. The van der Waals surface area contributed by atoms with Crippen molar-refractivity contribution < 1.29 is 22.2 Å². The fourth-order valence-corrected chi connectivity index (χ4v) is 5.06. The van der Waals surface area contributed by atoms with Crippen LogP contribution in [-0.4, -0.2) is 5.11 Å². The maximum atomic E-state index is 9.44. The predicted octanol–water partition coefficient (Wildman–Crippen LogP) is 5.42. The number of hydrogen-bond acceptors (Lipinski definition) is 1. The first-order chi connectivity index (χ1) is 12.4. The zero-order valence-electron chi connectivity index (χ0n) is 14.2. The summed E-state index contributed by atoms with van der Waals surface area (Å²) in [6, 6.07) is 31.0. The standard InChI is InChI=1S/C18H15OP.C5H5.Fe/c19-14-15-8-7-13-18(15)20(16-9-3-1-4-10-16)17-11-5-2-6-12-17;1-2-4-5-3-1;/h1-14,19H;1-5H;/q;-1;/b15-14+;;. The zero-order valence-corrected chi connectivity index (χ0v) is 16.2. The molecule has 0 fully saturated rings. The molecule has 0 aliphatic heterocycles. The Morgan fingerprint density at radius 1 is 0.769 bits per heavy atom. The molecule has 0 heterocycles. The molecule has 0 radical (unpaired) electrons. The first-order valence-corrected chi connectivity index (χ1v) is 9.54. The number of hydrogen-bond donors (Lipinski definition) is 1. The van der Waals surface area contributed by atoms with Crippen LogP contribution >= 0.6 is 7.92 Å². The number of allylic oxidation sites excluding steroid dienone is 5. The van der Waals surface area contributed by atoms with Gasteiger partial charge in [-0.1, -0.05) is 78.9 Å². The minimum Gasteiger partial charge on any atom is -0.515 e. The minimum absolute atomic E-state index is 0. The molecule has 132 valence electrons. The third kappa shape index (κ3) is 5.13. The van der Waals surface area contributed by atoms with Gasteiger partial charge in [0.15, 0.2) is 0 Å². The first-order valence-electron chi connectivity index (χ1n) is 8.20. The molecule has 3 aromatic carbocycles. The van der Waals surface area contributed by atoms with Crippen molar-refractivity contribution in [3.8, 4) is 0 Å². The van der Waals surface area contributed by atoms with Crippen molar-refractivity contribution in [3.63, 3.8) is 0 Å². The Kier molecular flexibility index (Phi) is 8.25. The normalized spacial score (nSPS) is 13.7. The van der Waals surface area contributed by atoms with E-state index in [1.807, 2.05) is 54.6 Å². The SMILES string of the molecule is O/C=C1\C=CC=C1P(c1ccccc1)c1ccccc1.[Fe].c1cc[cH-]c1. The van der Waals surface area contributed by atoms with E-state index >= 15 is 0 Å². The van der Waals surface area contributed by atoms with E-state index < -0.39 is 7.92 Å². The van der Waals surface area contributed by atoms with Crippen molar-refractivity contribution in [1.82, 2.24) is 0 Å². The summed E-state index contributed by atoms with van der Waals surface area (Å²) in [6.45, 7) is 0. The average molecular weight is 399 g/mol. The summed E-state index contributed by atoms with van der Waals surface area (Å²) in [5.74, 6) is 0. The van der Waals surface area contributed by atoms with Crippen LogP contribution < -0.4 is 10.6 Å². The van der Waals surface area contributed by atoms with Gasteiger partial charge in [0, 0.05) is 22.6 Å². The monoisotopic (exact) mass is 399 g/mol. The van der Waals surface area contributed by atoms with E-state index in [1.54, 1.807) is 0 Å². The Morgan fingerprint density at radius 2 is 1.31 bits per heavy atom. The number of benzene rings is 2. The van der Waals surface area contributed by atoms with Crippen LogP contribution in [0.2, 0.25) is 0 Å². The molecule has 0 saturated heterocycles. The number of aliphatic hydroxyl groups is 1. The molecule has 4 rings (SSSR count). The Hall–Kier alpha value is -2.24. The molecule has 1 N–H and O–H groups in total. The maximum Gasteiger partial charge on any atom is 0.0870 e. The van der Waals surface area contributed by atoms with Crippen LogP contribution in [0, 0.1) is 0 Å². The van der Waals surface area contributed by atoms with Gasteiger partial charge in [0.2, 0.25) is 0 Å². The van der Waals surface area contributed by atoms with Gasteiger partial charge in [-0.2, -0.15) is 18.2 Å². The van der Waals surface area contributed by atoms with Crippen LogP contribution in [-0.2, 0) is 17.1 Å². The van der Waals surface area contributed by atoms with Gasteiger partial charge in [-0.25, -0.2) is 12.1 Å². The Balaban J connectivity index is 0.000000351. The Bertz CT molecular complexity index is 793. The van der Waals surface area contributed by atoms with Gasteiger partial charge in [-0.15, -0.1) is 0 Å². The molecule has 0 unspecified atom stereocenters. The Morgan fingerprint density at radius 3 is 1.73 bits per heavy atom. The summed E-state index contributed by atoms with van der Waals surface area (Å²) >= 11 is 0. The largest absolute Gasteiger partial charge is 0.515 e. The van der Waals surface area contributed by atoms with E-state index in [2.05, 4.69) is 54.6 Å². The Labute approximate surface area is 167 Å². The minimum atomic E-state index is -0.627. The summed E-state index contributed by atoms with van der Waals surface area (Å²) in [5, 5.41) is 13.2. The van der Waals surface area contributed by atoms with Crippen molar-refractivity contribution in [1.29, 1.82) is 0 Å². The molecule has 0 amide bonds. The van der Waals surface area contributed by atoms with Gasteiger partial charge in [0.05, 0.1) is 6.26 Å². The summed E-state index contributed by atoms with van der Waals surface area (Å²) in [4.78, 5) is 0. The van der Waals surface area contributed by atoms with Crippen molar-refractivity contribution in [2.24, 2.45) is 0 Å². The van der Waals surface area contributed by atoms with Crippen molar-refractivity contribution in [3.05, 3.63) is 126 Å². The van der Waals surface area contributed by atoms with Crippen molar-refractivity contribution in [2.75, 3.05) is 0 Å². The molecule has 26 heavy (non-hydrogen) atoms. The van der Waals surface area contributed by atoms with Crippen LogP contribution in [0.15, 0.2) is 126 Å². The number of rotatable bonds is 3. The molecule has 3 heteroatoms. The van der Waals surface area contributed by atoms with E-state index in [4.69, 9.17) is 0 Å². The molecule has 0 bridgehead atoms. The average Bonchev–Trinajstić information content (AvgIpc) is 3.39. The molecule has 1 aliphatic rings. The summed E-state index contributed by atoms with van der Waals surface area (Å²) in [7, 11) is -0.627. The maximum absolute atomic E-state index is 9.44. The van der Waals surface area contributed by atoms with Gasteiger partial charge >= 0.3 is 0 Å². The van der Waals surface area contributed by atoms with Gasteiger partial charge in [0.1, 0.15) is 0 Å². The fourth-order valence-electron chi connectivity index (χ4n) is 2.64. The van der Waals surface area contributed by atoms with Gasteiger partial charge in [-0.05, 0) is 23.8 Å². The molecule has 1 nitrogen and oxygen atoms in total. The van der Waals surface area contributed by atoms with Gasteiger partial charge in [-0.3, -0.25) is 0 Å². The molecule has 1 aliphatic carbocycles. The van der Waals surface area contributed by atoms with Gasteiger partial charge < -0.3 is 5.11 Å². The predicted molar refractivity (Wildman–Crippen MR) is 109 cm³/mol. The third-order valence-electron chi connectivity index (χ3n) is 3.79.